The number of nitrogens with two attached hydrogens (primary N) is 1. The molecule has 0 aliphatic rings. The monoisotopic (exact) mass is 310 g/mol. The zero-order valence-corrected chi connectivity index (χ0v) is 14.1. The molecule has 23 heavy (non-hydrogen) atoms. The van der Waals surface area contributed by atoms with Crippen LogP contribution in [0, 0.1) is 12.3 Å². The van der Waals surface area contributed by atoms with Gasteiger partial charge in [-0.1, -0.05) is 32.0 Å². The number of rotatable bonds is 4. The summed E-state index contributed by atoms with van der Waals surface area (Å²) in [6.45, 7) is 8.52. The second kappa shape index (κ2) is 5.33. The number of ketones is 1. The maximum absolute atomic E-state index is 11.5. The number of anilines is 1. The number of nitrogen functional groups attached to an aromatic ring is 1. The Morgan fingerprint density at radius 2 is 1.96 bits per heavy atom. The molecular formula is C18H22N4O. The molecular weight excluding hydrogens is 288 g/mol. The van der Waals surface area contributed by atoms with Crippen LogP contribution in [0.3, 0.4) is 0 Å². The largest absolute Gasteiger partial charge is 0.382 e. The summed E-state index contributed by atoms with van der Waals surface area (Å²) in [6, 6.07) is 7.94. The van der Waals surface area contributed by atoms with Crippen molar-refractivity contribution in [1.82, 2.24) is 14.5 Å². The Hall–Kier alpha value is -2.43. The van der Waals surface area contributed by atoms with Gasteiger partial charge in [-0.25, -0.2) is 9.97 Å². The van der Waals surface area contributed by atoms with E-state index in [0.717, 1.165) is 27.8 Å². The van der Waals surface area contributed by atoms with E-state index in [-0.39, 0.29) is 11.2 Å². The first-order valence-corrected chi connectivity index (χ1v) is 7.79. The zero-order valence-electron chi connectivity index (χ0n) is 14.1. The van der Waals surface area contributed by atoms with E-state index in [9.17, 15) is 4.79 Å². The van der Waals surface area contributed by atoms with Crippen LogP contribution >= 0.6 is 0 Å². The average molecular weight is 310 g/mol. The molecule has 0 saturated carbocycles. The predicted molar refractivity (Wildman–Crippen MR) is 93.3 cm³/mol. The number of imidazole rings is 1. The number of para-hydroxylation sites is 1. The molecule has 0 atom stereocenters. The van der Waals surface area contributed by atoms with Crippen molar-refractivity contribution in [1.29, 1.82) is 0 Å². The van der Waals surface area contributed by atoms with Crippen molar-refractivity contribution >= 4 is 33.5 Å². The lowest BCUT2D eigenvalue weighted by molar-refractivity contribution is -0.119. The van der Waals surface area contributed by atoms with Crippen LogP contribution in [-0.4, -0.2) is 20.3 Å². The van der Waals surface area contributed by atoms with Crippen molar-refractivity contribution in [3.05, 3.63) is 30.1 Å². The summed E-state index contributed by atoms with van der Waals surface area (Å²) in [6.07, 6.45) is 0.532. The highest BCUT2D eigenvalue weighted by molar-refractivity contribution is 6.06. The van der Waals surface area contributed by atoms with Gasteiger partial charge in [-0.15, -0.1) is 0 Å². The van der Waals surface area contributed by atoms with Crippen molar-refractivity contribution in [2.75, 3.05) is 5.73 Å². The van der Waals surface area contributed by atoms with Crippen LogP contribution in [0.25, 0.3) is 21.9 Å². The molecule has 3 aromatic rings. The first kappa shape index (κ1) is 15.5. The molecule has 0 saturated heterocycles. The number of pyridine rings is 1. The van der Waals surface area contributed by atoms with E-state index < -0.39 is 0 Å². The number of Topliss-reactive ketones (excluding diaryl/α,β-unsaturated/α-hetero) is 1. The fourth-order valence-corrected chi connectivity index (χ4v) is 3.32. The Balaban J connectivity index is 2.24. The average Bonchev–Trinajstić information content (AvgIpc) is 2.75. The van der Waals surface area contributed by atoms with Crippen LogP contribution in [0.4, 0.5) is 5.82 Å². The third-order valence-electron chi connectivity index (χ3n) is 4.11. The van der Waals surface area contributed by atoms with Gasteiger partial charge in [-0.05, 0) is 25.3 Å². The van der Waals surface area contributed by atoms with E-state index in [0.29, 0.717) is 18.8 Å². The molecule has 0 radical (unpaired) electrons. The van der Waals surface area contributed by atoms with Crippen LogP contribution in [0.1, 0.15) is 33.0 Å². The minimum atomic E-state index is -0.149. The highest BCUT2D eigenvalue weighted by Gasteiger charge is 2.24. The Morgan fingerprint density at radius 3 is 2.65 bits per heavy atom. The van der Waals surface area contributed by atoms with E-state index in [2.05, 4.69) is 28.4 Å². The SMILES string of the molecule is CC(=O)CC(C)(C)Cn1c(C)nc2c(N)nc3ccccc3c21. The highest BCUT2D eigenvalue weighted by atomic mass is 16.1. The van der Waals surface area contributed by atoms with Gasteiger partial charge in [0.2, 0.25) is 0 Å². The molecule has 2 aromatic heterocycles. The summed E-state index contributed by atoms with van der Waals surface area (Å²) in [5.41, 5.74) is 8.56. The van der Waals surface area contributed by atoms with E-state index >= 15 is 0 Å². The minimum Gasteiger partial charge on any atom is -0.382 e. The van der Waals surface area contributed by atoms with E-state index in [4.69, 9.17) is 5.73 Å². The summed E-state index contributed by atoms with van der Waals surface area (Å²) in [5, 5.41) is 1.04. The summed E-state index contributed by atoms with van der Waals surface area (Å²) in [5.74, 6) is 1.54. The smallest absolute Gasteiger partial charge is 0.152 e. The Labute approximate surface area is 135 Å². The van der Waals surface area contributed by atoms with Gasteiger partial charge in [0.05, 0.1) is 11.0 Å². The van der Waals surface area contributed by atoms with Crippen molar-refractivity contribution < 1.29 is 4.79 Å². The Morgan fingerprint density at radius 1 is 1.26 bits per heavy atom. The molecule has 2 heterocycles. The summed E-state index contributed by atoms with van der Waals surface area (Å²) < 4.78 is 2.17. The Bertz CT molecular complexity index is 908. The van der Waals surface area contributed by atoms with E-state index in [1.807, 2.05) is 31.2 Å². The number of fused-ring (bicyclic) bond motifs is 3. The van der Waals surface area contributed by atoms with E-state index in [1.165, 1.54) is 0 Å². The number of carbonyl (C=O) groups excluding carboxylic acids is 1. The maximum Gasteiger partial charge on any atom is 0.152 e. The van der Waals surface area contributed by atoms with Crippen LogP contribution in [0.5, 0.6) is 0 Å². The molecule has 0 bridgehead atoms. The van der Waals surface area contributed by atoms with Gasteiger partial charge in [0, 0.05) is 18.4 Å². The standard InChI is InChI=1S/C18H22N4O/c1-11(23)9-18(3,4)10-22-12(2)20-15-16(22)13-7-5-6-8-14(13)21-17(15)19/h5-8H,9-10H2,1-4H3,(H2,19,21). The molecule has 0 unspecified atom stereocenters. The van der Waals surface area contributed by atoms with Crippen LogP contribution < -0.4 is 5.73 Å². The second-order valence-electron chi connectivity index (χ2n) is 7.00. The lowest BCUT2D eigenvalue weighted by Crippen LogP contribution is -2.23. The van der Waals surface area contributed by atoms with Gasteiger partial charge < -0.3 is 15.1 Å². The van der Waals surface area contributed by atoms with Gasteiger partial charge >= 0.3 is 0 Å². The number of aromatic nitrogens is 3. The minimum absolute atomic E-state index is 0.149. The second-order valence-corrected chi connectivity index (χ2v) is 7.00. The summed E-state index contributed by atoms with van der Waals surface area (Å²) >= 11 is 0. The maximum atomic E-state index is 11.5. The normalized spacial score (nSPS) is 12.2. The summed E-state index contributed by atoms with van der Waals surface area (Å²) in [4.78, 5) is 20.6. The number of hydrogen-bond acceptors (Lipinski definition) is 4. The molecule has 3 rings (SSSR count). The first-order chi connectivity index (χ1) is 10.8. The predicted octanol–water partition coefficient (Wildman–Crippen LogP) is 3.48. The lowest BCUT2D eigenvalue weighted by Gasteiger charge is -2.25. The Kier molecular flexibility index (Phi) is 3.59. The van der Waals surface area contributed by atoms with Crippen molar-refractivity contribution in [2.45, 2.75) is 40.7 Å². The van der Waals surface area contributed by atoms with Gasteiger partial charge in [-0.3, -0.25) is 0 Å². The zero-order chi connectivity index (χ0) is 16.8. The number of nitrogens with zero attached hydrogens (tertiary/aromatic N) is 3. The number of hydrogen-bond donors (Lipinski definition) is 1. The number of benzene rings is 1. The van der Waals surface area contributed by atoms with Crippen molar-refractivity contribution in [3.8, 4) is 0 Å². The van der Waals surface area contributed by atoms with E-state index in [1.54, 1.807) is 6.92 Å². The highest BCUT2D eigenvalue weighted by Crippen LogP contribution is 2.32. The number of aryl methyl sites for hydroxylation is 1. The van der Waals surface area contributed by atoms with Crippen LogP contribution in [0.15, 0.2) is 24.3 Å². The number of carbonyl (C=O) groups is 1. The molecule has 0 amide bonds. The topological polar surface area (TPSA) is 73.8 Å². The quantitative estimate of drug-likeness (QED) is 0.800. The van der Waals surface area contributed by atoms with Gasteiger partial charge in [0.15, 0.2) is 5.82 Å². The molecule has 120 valence electrons. The van der Waals surface area contributed by atoms with Crippen molar-refractivity contribution in [2.24, 2.45) is 5.41 Å². The third-order valence-corrected chi connectivity index (χ3v) is 4.11. The molecule has 1 aromatic carbocycles. The molecule has 5 heteroatoms. The van der Waals surface area contributed by atoms with Crippen LogP contribution in [0.2, 0.25) is 0 Å². The molecule has 2 N–H and O–H groups in total. The molecule has 0 aliphatic heterocycles. The first-order valence-electron chi connectivity index (χ1n) is 7.79. The van der Waals surface area contributed by atoms with Gasteiger partial charge in [0.1, 0.15) is 17.1 Å². The lowest BCUT2D eigenvalue weighted by atomic mass is 9.87. The molecule has 0 spiro atoms. The molecule has 0 aliphatic carbocycles. The summed E-state index contributed by atoms with van der Waals surface area (Å²) in [7, 11) is 0. The van der Waals surface area contributed by atoms with Gasteiger partial charge in [-0.2, -0.15) is 0 Å². The fourth-order valence-electron chi connectivity index (χ4n) is 3.32. The van der Waals surface area contributed by atoms with Crippen molar-refractivity contribution in [3.63, 3.8) is 0 Å². The fraction of sp³-hybridized carbons (Fsp3) is 0.389. The van der Waals surface area contributed by atoms with Crippen LogP contribution in [-0.2, 0) is 11.3 Å². The molecule has 5 nitrogen and oxygen atoms in total. The molecule has 0 fully saturated rings. The third kappa shape index (κ3) is 2.79. The van der Waals surface area contributed by atoms with Gasteiger partial charge in [0.25, 0.3) is 0 Å².